The maximum Gasteiger partial charge on any atom is 0.326 e. The predicted molar refractivity (Wildman–Crippen MR) is 128 cm³/mol. The number of hydrogen-bond donors (Lipinski definition) is 5. The average molecular weight is 490 g/mol. The molecule has 0 saturated heterocycles. The molecule has 0 aliphatic carbocycles. The SMILES string of the molecule is CC(C)CC(CP(=O)(O)CNC(=O)c1ccccc1)C(=O)N[C@@H](Cc1ccc(O)cc1)C(=O)O. The van der Waals surface area contributed by atoms with Crippen LogP contribution in [0.2, 0.25) is 0 Å². The Kier molecular flexibility index (Phi) is 9.83. The zero-order valence-electron chi connectivity index (χ0n) is 19.2. The Morgan fingerprint density at radius 3 is 2.18 bits per heavy atom. The molecule has 0 aliphatic rings. The quantitative estimate of drug-likeness (QED) is 0.287. The Hall–Kier alpha value is -3.16. The molecule has 0 bridgehead atoms. The van der Waals surface area contributed by atoms with Crippen molar-refractivity contribution in [3.8, 4) is 5.75 Å². The van der Waals surface area contributed by atoms with E-state index in [0.717, 1.165) is 0 Å². The van der Waals surface area contributed by atoms with E-state index in [9.17, 15) is 34.1 Å². The molecule has 0 radical (unpaired) electrons. The van der Waals surface area contributed by atoms with Gasteiger partial charge in [0.15, 0.2) is 0 Å². The Bertz CT molecular complexity index is 1030. The van der Waals surface area contributed by atoms with Crippen molar-refractivity contribution in [2.75, 3.05) is 12.4 Å². The van der Waals surface area contributed by atoms with Gasteiger partial charge >= 0.3 is 5.97 Å². The third kappa shape index (κ3) is 9.00. The van der Waals surface area contributed by atoms with Crippen molar-refractivity contribution >= 4 is 25.2 Å². The molecule has 2 unspecified atom stereocenters. The van der Waals surface area contributed by atoms with Gasteiger partial charge in [-0.1, -0.05) is 44.2 Å². The molecule has 2 aromatic rings. The first-order valence-corrected chi connectivity index (χ1v) is 12.9. The molecule has 9 nitrogen and oxygen atoms in total. The number of phenols is 1. The van der Waals surface area contributed by atoms with E-state index in [1.54, 1.807) is 42.5 Å². The van der Waals surface area contributed by atoms with Crippen molar-refractivity contribution in [3.05, 3.63) is 65.7 Å². The molecule has 5 N–H and O–H groups in total. The summed E-state index contributed by atoms with van der Waals surface area (Å²) in [5.41, 5.74) is 0.944. The van der Waals surface area contributed by atoms with Gasteiger partial charge in [0.1, 0.15) is 11.8 Å². The Morgan fingerprint density at radius 2 is 1.62 bits per heavy atom. The summed E-state index contributed by atoms with van der Waals surface area (Å²) in [4.78, 5) is 47.3. The number of hydrogen-bond acceptors (Lipinski definition) is 5. The normalized spacial score (nSPS) is 14.6. The molecule has 2 amide bonds. The molecule has 34 heavy (non-hydrogen) atoms. The van der Waals surface area contributed by atoms with Crippen molar-refractivity contribution in [2.45, 2.75) is 32.7 Å². The maximum atomic E-state index is 12.9. The number of aromatic hydroxyl groups is 1. The molecule has 3 atom stereocenters. The number of carboxylic acids is 1. The lowest BCUT2D eigenvalue weighted by Gasteiger charge is -2.24. The molecule has 2 rings (SSSR count). The first-order valence-electron chi connectivity index (χ1n) is 10.9. The highest BCUT2D eigenvalue weighted by Gasteiger charge is 2.32. The maximum absolute atomic E-state index is 12.9. The van der Waals surface area contributed by atoms with E-state index < -0.39 is 49.6 Å². The summed E-state index contributed by atoms with van der Waals surface area (Å²) in [6.07, 6.45) is -0.635. The standard InChI is InChI=1S/C24H31N2O7P/c1-16(2)12-19(14-34(32,33)15-25-22(28)18-6-4-3-5-7-18)23(29)26-21(24(30)31)13-17-8-10-20(27)11-9-17/h3-11,16,19,21,27H,12-15H2,1-2H3,(H,25,28)(H,26,29)(H,30,31)(H,32,33)/t19?,21-/m0/s1. The van der Waals surface area contributed by atoms with Crippen molar-refractivity contribution in [1.82, 2.24) is 10.6 Å². The monoisotopic (exact) mass is 490 g/mol. The summed E-state index contributed by atoms with van der Waals surface area (Å²) in [6, 6.07) is 12.9. The van der Waals surface area contributed by atoms with E-state index >= 15 is 0 Å². The predicted octanol–water partition coefficient (Wildman–Crippen LogP) is 2.82. The van der Waals surface area contributed by atoms with Gasteiger partial charge in [-0.05, 0) is 42.2 Å². The number of phenolic OH excluding ortho intramolecular Hbond substituents is 1. The van der Waals surface area contributed by atoms with Crippen LogP contribution in [-0.2, 0) is 20.6 Å². The molecule has 0 spiro atoms. The van der Waals surface area contributed by atoms with Crippen LogP contribution in [-0.4, -0.2) is 51.4 Å². The summed E-state index contributed by atoms with van der Waals surface area (Å²) in [5.74, 6) is -3.24. The summed E-state index contributed by atoms with van der Waals surface area (Å²) in [6.45, 7) is 3.70. The number of rotatable bonds is 12. The molecule has 10 heteroatoms. The number of benzene rings is 2. The third-order valence-corrected chi connectivity index (χ3v) is 6.81. The van der Waals surface area contributed by atoms with E-state index in [4.69, 9.17) is 0 Å². The number of aliphatic carboxylic acids is 1. The number of amides is 2. The smallest absolute Gasteiger partial charge is 0.326 e. The summed E-state index contributed by atoms with van der Waals surface area (Å²) < 4.78 is 12.8. The molecular weight excluding hydrogens is 459 g/mol. The van der Waals surface area contributed by atoms with Crippen LogP contribution in [0.4, 0.5) is 0 Å². The van der Waals surface area contributed by atoms with Crippen molar-refractivity contribution < 1.29 is 34.1 Å². The van der Waals surface area contributed by atoms with Gasteiger partial charge < -0.3 is 25.7 Å². The average Bonchev–Trinajstić information content (AvgIpc) is 2.78. The zero-order valence-corrected chi connectivity index (χ0v) is 20.1. The minimum absolute atomic E-state index is 0.00929. The second-order valence-corrected chi connectivity index (χ2v) is 11.0. The number of carbonyl (C=O) groups is 3. The lowest BCUT2D eigenvalue weighted by atomic mass is 9.97. The zero-order chi connectivity index (χ0) is 25.3. The highest BCUT2D eigenvalue weighted by molar-refractivity contribution is 7.58. The fourth-order valence-electron chi connectivity index (χ4n) is 3.49. The molecule has 0 fully saturated rings. The van der Waals surface area contributed by atoms with Gasteiger partial charge in [0.25, 0.3) is 5.91 Å². The Balaban J connectivity index is 2.05. The first kappa shape index (κ1) is 27.1. The lowest BCUT2D eigenvalue weighted by Crippen LogP contribution is -2.46. The highest BCUT2D eigenvalue weighted by Crippen LogP contribution is 2.42. The van der Waals surface area contributed by atoms with Crippen LogP contribution in [0.3, 0.4) is 0 Å². The van der Waals surface area contributed by atoms with Crippen LogP contribution in [0.25, 0.3) is 0 Å². The first-order chi connectivity index (χ1) is 16.0. The van der Waals surface area contributed by atoms with E-state index in [2.05, 4.69) is 10.6 Å². The Morgan fingerprint density at radius 1 is 1.00 bits per heavy atom. The lowest BCUT2D eigenvalue weighted by molar-refractivity contribution is -0.142. The van der Waals surface area contributed by atoms with Crippen LogP contribution in [0.1, 0.15) is 36.2 Å². The summed E-state index contributed by atoms with van der Waals surface area (Å²) in [7, 11) is -3.94. The summed E-state index contributed by atoms with van der Waals surface area (Å²) >= 11 is 0. The molecule has 0 heterocycles. The van der Waals surface area contributed by atoms with Crippen molar-refractivity contribution in [3.63, 3.8) is 0 Å². The fourth-order valence-corrected chi connectivity index (χ4v) is 5.01. The van der Waals surface area contributed by atoms with Gasteiger partial charge in [0, 0.05) is 24.1 Å². The van der Waals surface area contributed by atoms with Gasteiger partial charge in [-0.2, -0.15) is 0 Å². The molecule has 0 aliphatic heterocycles. The number of carboxylic acid groups (broad SMARTS) is 1. The number of carbonyl (C=O) groups excluding carboxylic acids is 2. The van der Waals surface area contributed by atoms with E-state index in [0.29, 0.717) is 11.1 Å². The van der Waals surface area contributed by atoms with Crippen LogP contribution in [0, 0.1) is 11.8 Å². The molecule has 0 aromatic heterocycles. The minimum Gasteiger partial charge on any atom is -0.508 e. The van der Waals surface area contributed by atoms with Gasteiger partial charge in [-0.3, -0.25) is 14.2 Å². The van der Waals surface area contributed by atoms with Crippen LogP contribution >= 0.6 is 7.37 Å². The van der Waals surface area contributed by atoms with Crippen LogP contribution < -0.4 is 10.6 Å². The van der Waals surface area contributed by atoms with Gasteiger partial charge in [0.2, 0.25) is 13.3 Å². The topological polar surface area (TPSA) is 153 Å². The second kappa shape index (κ2) is 12.3. The van der Waals surface area contributed by atoms with Gasteiger partial charge in [-0.15, -0.1) is 0 Å². The summed E-state index contributed by atoms with van der Waals surface area (Å²) in [5, 5.41) is 23.9. The van der Waals surface area contributed by atoms with Gasteiger partial charge in [-0.25, -0.2) is 4.79 Å². The van der Waals surface area contributed by atoms with Crippen molar-refractivity contribution in [1.29, 1.82) is 0 Å². The van der Waals surface area contributed by atoms with Gasteiger partial charge in [0.05, 0.1) is 6.29 Å². The number of nitrogens with one attached hydrogen (secondary N) is 2. The molecular formula is C24H31N2O7P. The van der Waals surface area contributed by atoms with E-state index in [1.165, 1.54) is 12.1 Å². The van der Waals surface area contributed by atoms with Crippen LogP contribution in [0.5, 0.6) is 5.75 Å². The third-order valence-electron chi connectivity index (χ3n) is 5.15. The second-order valence-electron chi connectivity index (χ2n) is 8.66. The van der Waals surface area contributed by atoms with E-state index in [1.807, 2.05) is 13.8 Å². The Labute approximate surface area is 198 Å². The largest absolute Gasteiger partial charge is 0.508 e. The molecule has 184 valence electrons. The van der Waals surface area contributed by atoms with Crippen molar-refractivity contribution in [2.24, 2.45) is 11.8 Å². The van der Waals surface area contributed by atoms with Crippen LogP contribution in [0.15, 0.2) is 54.6 Å². The molecule has 2 aromatic carbocycles. The van der Waals surface area contributed by atoms with E-state index in [-0.39, 0.29) is 24.5 Å². The molecule has 0 saturated carbocycles. The fraction of sp³-hybridized carbons (Fsp3) is 0.375. The highest BCUT2D eigenvalue weighted by atomic mass is 31.2. The minimum atomic E-state index is -3.94.